The highest BCUT2D eigenvalue weighted by atomic mass is 35.5. The molecule has 0 aliphatic carbocycles. The first kappa shape index (κ1) is 19.3. The van der Waals surface area contributed by atoms with Gasteiger partial charge in [-0.3, -0.25) is 4.79 Å². The van der Waals surface area contributed by atoms with E-state index in [0.29, 0.717) is 31.6 Å². The van der Waals surface area contributed by atoms with Crippen molar-refractivity contribution in [3.63, 3.8) is 0 Å². The lowest BCUT2D eigenvalue weighted by atomic mass is 10.1. The molecule has 0 aromatic heterocycles. The molecule has 9 heteroatoms. The third kappa shape index (κ3) is 4.73. The number of benzene rings is 1. The van der Waals surface area contributed by atoms with Gasteiger partial charge in [-0.25, -0.2) is 17.5 Å². The number of sulfonamides is 1. The molecule has 1 saturated heterocycles. The summed E-state index contributed by atoms with van der Waals surface area (Å²) >= 11 is 5.78. The van der Waals surface area contributed by atoms with E-state index in [2.05, 4.69) is 4.72 Å². The standard InChI is InChI=1S/C15H19ClFNO5S/c1-22-9-10-6-12(15(17)13(16)7-10)14(19)8-18-24(20,21)11-2-4-23-5-3-11/h6-7,11,18H,2-5,8-9H2,1H3. The Bertz CT molecular complexity index is 704. The van der Waals surface area contributed by atoms with Crippen LogP contribution < -0.4 is 4.72 Å². The highest BCUT2D eigenvalue weighted by molar-refractivity contribution is 7.90. The molecule has 0 atom stereocenters. The minimum atomic E-state index is -3.66. The van der Waals surface area contributed by atoms with Gasteiger partial charge in [0, 0.05) is 20.3 Å². The molecule has 0 radical (unpaired) electrons. The Morgan fingerprint density at radius 3 is 2.71 bits per heavy atom. The molecule has 1 aliphatic heterocycles. The lowest BCUT2D eigenvalue weighted by Gasteiger charge is -2.22. The van der Waals surface area contributed by atoms with E-state index in [1.54, 1.807) is 0 Å². The van der Waals surface area contributed by atoms with Crippen LogP contribution in [0, 0.1) is 5.82 Å². The van der Waals surface area contributed by atoms with E-state index in [1.165, 1.54) is 19.2 Å². The number of hydrogen-bond donors (Lipinski definition) is 1. The number of Topliss-reactive ketones (excluding diaryl/α,β-unsaturated/α-hetero) is 1. The van der Waals surface area contributed by atoms with E-state index in [-0.39, 0.29) is 17.2 Å². The number of rotatable bonds is 7. The SMILES string of the molecule is COCc1cc(Cl)c(F)c(C(=O)CNS(=O)(=O)C2CCOCC2)c1. The molecule has 0 amide bonds. The number of carbonyl (C=O) groups is 1. The van der Waals surface area contributed by atoms with Gasteiger partial charge in [-0.1, -0.05) is 11.6 Å². The molecule has 0 spiro atoms. The molecule has 0 bridgehead atoms. The Kier molecular flexibility index (Phi) is 6.70. The Labute approximate surface area is 145 Å². The zero-order chi connectivity index (χ0) is 17.7. The van der Waals surface area contributed by atoms with Crippen molar-refractivity contribution in [2.75, 3.05) is 26.9 Å². The number of halogens is 2. The predicted octanol–water partition coefficient (Wildman–Crippen LogP) is 1.91. The number of nitrogens with one attached hydrogen (secondary N) is 1. The highest BCUT2D eigenvalue weighted by Crippen LogP contribution is 2.22. The second-order valence-electron chi connectivity index (χ2n) is 5.47. The summed E-state index contributed by atoms with van der Waals surface area (Å²) in [5.74, 6) is -1.56. The third-order valence-corrected chi connectivity index (χ3v) is 5.91. The number of ketones is 1. The maximum Gasteiger partial charge on any atom is 0.215 e. The second kappa shape index (κ2) is 8.35. The van der Waals surface area contributed by atoms with Gasteiger partial charge in [0.25, 0.3) is 0 Å². The quantitative estimate of drug-likeness (QED) is 0.732. The molecule has 6 nitrogen and oxygen atoms in total. The summed E-state index contributed by atoms with van der Waals surface area (Å²) in [6, 6.07) is 2.68. The monoisotopic (exact) mass is 379 g/mol. The Balaban J connectivity index is 2.09. The molecule has 1 aliphatic rings. The minimum Gasteiger partial charge on any atom is -0.381 e. The molecule has 2 rings (SSSR count). The molecule has 1 N–H and O–H groups in total. The van der Waals surface area contributed by atoms with Gasteiger partial charge >= 0.3 is 0 Å². The summed E-state index contributed by atoms with van der Waals surface area (Å²) < 4.78 is 50.7. The van der Waals surface area contributed by atoms with Gasteiger partial charge in [-0.2, -0.15) is 0 Å². The van der Waals surface area contributed by atoms with Crippen LogP contribution >= 0.6 is 11.6 Å². The number of methoxy groups -OCH3 is 1. The Morgan fingerprint density at radius 1 is 1.42 bits per heavy atom. The van der Waals surface area contributed by atoms with E-state index in [1.807, 2.05) is 0 Å². The first-order valence-electron chi connectivity index (χ1n) is 7.41. The van der Waals surface area contributed by atoms with Crippen molar-refractivity contribution in [1.29, 1.82) is 0 Å². The van der Waals surface area contributed by atoms with Crippen molar-refractivity contribution in [3.8, 4) is 0 Å². The van der Waals surface area contributed by atoms with Crippen LogP contribution in [0.15, 0.2) is 12.1 Å². The lowest BCUT2D eigenvalue weighted by Crippen LogP contribution is -2.40. The smallest absolute Gasteiger partial charge is 0.215 e. The van der Waals surface area contributed by atoms with Crippen LogP contribution in [-0.2, 0) is 26.1 Å². The summed E-state index contributed by atoms with van der Waals surface area (Å²) in [7, 11) is -2.20. The topological polar surface area (TPSA) is 81.7 Å². The molecule has 1 aromatic carbocycles. The molecule has 1 fully saturated rings. The van der Waals surface area contributed by atoms with Gasteiger partial charge in [-0.15, -0.1) is 0 Å². The van der Waals surface area contributed by atoms with E-state index in [9.17, 15) is 17.6 Å². The molecular weight excluding hydrogens is 361 g/mol. The third-order valence-electron chi connectivity index (χ3n) is 3.74. The predicted molar refractivity (Wildman–Crippen MR) is 87.2 cm³/mol. The zero-order valence-electron chi connectivity index (χ0n) is 13.2. The first-order chi connectivity index (χ1) is 11.3. The zero-order valence-corrected chi connectivity index (χ0v) is 14.8. The molecule has 134 valence electrons. The summed E-state index contributed by atoms with van der Waals surface area (Å²) in [6.07, 6.45) is 0.736. The summed E-state index contributed by atoms with van der Waals surface area (Å²) in [4.78, 5) is 12.2. The van der Waals surface area contributed by atoms with E-state index < -0.39 is 33.4 Å². The van der Waals surface area contributed by atoms with Crippen LogP contribution in [0.4, 0.5) is 4.39 Å². The Morgan fingerprint density at radius 2 is 2.08 bits per heavy atom. The molecular formula is C15H19ClFNO5S. The van der Waals surface area contributed by atoms with Gasteiger partial charge < -0.3 is 9.47 Å². The average Bonchev–Trinajstić information content (AvgIpc) is 2.57. The van der Waals surface area contributed by atoms with Gasteiger partial charge in [0.2, 0.25) is 10.0 Å². The fraction of sp³-hybridized carbons (Fsp3) is 0.533. The number of ether oxygens (including phenoxy) is 2. The fourth-order valence-electron chi connectivity index (χ4n) is 2.46. The summed E-state index contributed by atoms with van der Waals surface area (Å²) in [6.45, 7) is 0.364. The minimum absolute atomic E-state index is 0.161. The summed E-state index contributed by atoms with van der Waals surface area (Å²) in [5.41, 5.74) is 0.267. The van der Waals surface area contributed by atoms with Crippen LogP contribution in [-0.4, -0.2) is 46.3 Å². The maximum atomic E-state index is 14.1. The molecule has 0 unspecified atom stereocenters. The van der Waals surface area contributed by atoms with Crippen LogP contribution in [0.2, 0.25) is 5.02 Å². The average molecular weight is 380 g/mol. The fourth-order valence-corrected chi connectivity index (χ4v) is 4.09. The normalized spacial score (nSPS) is 16.3. The lowest BCUT2D eigenvalue weighted by molar-refractivity contribution is 0.0974. The van der Waals surface area contributed by atoms with Crippen molar-refractivity contribution in [2.45, 2.75) is 24.7 Å². The van der Waals surface area contributed by atoms with Gasteiger partial charge in [0.05, 0.1) is 29.0 Å². The van der Waals surface area contributed by atoms with Gasteiger partial charge in [-0.05, 0) is 30.5 Å². The van der Waals surface area contributed by atoms with Crippen molar-refractivity contribution in [2.24, 2.45) is 0 Å². The van der Waals surface area contributed by atoms with Crippen molar-refractivity contribution >= 4 is 27.4 Å². The van der Waals surface area contributed by atoms with Crippen LogP contribution in [0.3, 0.4) is 0 Å². The number of carbonyl (C=O) groups excluding carboxylic acids is 1. The largest absolute Gasteiger partial charge is 0.381 e. The summed E-state index contributed by atoms with van der Waals surface area (Å²) in [5, 5.41) is -0.813. The van der Waals surface area contributed by atoms with Crippen molar-refractivity contribution < 1.29 is 27.1 Å². The second-order valence-corrected chi connectivity index (χ2v) is 7.93. The van der Waals surface area contributed by atoms with Crippen molar-refractivity contribution in [3.05, 3.63) is 34.1 Å². The van der Waals surface area contributed by atoms with E-state index in [4.69, 9.17) is 21.1 Å². The Hall–Kier alpha value is -1.06. The van der Waals surface area contributed by atoms with Crippen LogP contribution in [0.25, 0.3) is 0 Å². The van der Waals surface area contributed by atoms with Crippen LogP contribution in [0.5, 0.6) is 0 Å². The number of hydrogen-bond acceptors (Lipinski definition) is 5. The first-order valence-corrected chi connectivity index (χ1v) is 9.34. The molecule has 1 aromatic rings. The molecule has 0 saturated carbocycles. The molecule has 1 heterocycles. The van der Waals surface area contributed by atoms with Crippen molar-refractivity contribution in [1.82, 2.24) is 4.72 Å². The van der Waals surface area contributed by atoms with Crippen LogP contribution in [0.1, 0.15) is 28.8 Å². The van der Waals surface area contributed by atoms with E-state index in [0.717, 1.165) is 0 Å². The van der Waals surface area contributed by atoms with Gasteiger partial charge in [0.1, 0.15) is 0 Å². The molecule has 24 heavy (non-hydrogen) atoms. The van der Waals surface area contributed by atoms with E-state index >= 15 is 0 Å². The highest BCUT2D eigenvalue weighted by Gasteiger charge is 2.28. The maximum absolute atomic E-state index is 14.1. The van der Waals surface area contributed by atoms with Gasteiger partial charge in [0.15, 0.2) is 11.6 Å².